The van der Waals surface area contributed by atoms with Gasteiger partial charge in [0.1, 0.15) is 5.78 Å². The van der Waals surface area contributed by atoms with Crippen LogP contribution in [-0.4, -0.2) is 11.6 Å². The third-order valence-electron chi connectivity index (χ3n) is 2.28. The van der Waals surface area contributed by atoms with E-state index < -0.39 is 0 Å². The maximum absolute atomic E-state index is 12.0. The largest absolute Gasteiger partial charge is 0.299 e. The van der Waals surface area contributed by atoms with E-state index in [1.807, 2.05) is 13.8 Å². The molecular weight excluding hydrogens is 294 g/mol. The third-order valence-corrected chi connectivity index (χ3v) is 3.09. The summed E-state index contributed by atoms with van der Waals surface area (Å²) in [6.45, 7) is 3.84. The van der Waals surface area contributed by atoms with E-state index in [-0.39, 0.29) is 39.5 Å². The molecule has 0 aliphatic carbocycles. The molecule has 0 aliphatic heterocycles. The number of hydrogen-bond acceptors (Lipinski definition) is 2. The van der Waals surface area contributed by atoms with Crippen molar-refractivity contribution in [1.82, 2.24) is 0 Å². The lowest BCUT2D eigenvalue weighted by Gasteiger charge is -2.07. The molecule has 2 nitrogen and oxygen atoms in total. The molecule has 0 heterocycles. The summed E-state index contributed by atoms with van der Waals surface area (Å²) in [6.07, 6.45) is 0.188. The Hall–Kier alpha value is -0.570. The van der Waals surface area contributed by atoms with Crippen molar-refractivity contribution in [2.75, 3.05) is 0 Å². The van der Waals surface area contributed by atoms with Gasteiger partial charge in [-0.1, -0.05) is 48.7 Å². The average Bonchev–Trinajstić information content (AvgIpc) is 2.12. The van der Waals surface area contributed by atoms with Gasteiger partial charge < -0.3 is 0 Å². The Morgan fingerprint density at radius 1 is 1.11 bits per heavy atom. The van der Waals surface area contributed by atoms with Crippen LogP contribution in [0.3, 0.4) is 0 Å². The van der Waals surface area contributed by atoms with Crippen molar-refractivity contribution in [3.8, 4) is 0 Å². The van der Waals surface area contributed by atoms with Crippen molar-refractivity contribution in [2.45, 2.75) is 26.7 Å². The van der Waals surface area contributed by atoms with Crippen molar-refractivity contribution >= 4 is 46.4 Å². The van der Waals surface area contributed by atoms with Gasteiger partial charge in [-0.25, -0.2) is 0 Å². The highest BCUT2D eigenvalue weighted by Crippen LogP contribution is 2.30. The summed E-state index contributed by atoms with van der Waals surface area (Å²) in [7, 11) is 0. The van der Waals surface area contributed by atoms with Crippen molar-refractivity contribution in [3.05, 3.63) is 32.8 Å². The molecule has 0 saturated carbocycles. The minimum Gasteiger partial charge on any atom is -0.299 e. The molecule has 1 aromatic carbocycles. The predicted octanol–water partition coefficient (Wildman–Crippen LogP) is 4.83. The quantitative estimate of drug-likeness (QED) is 0.576. The van der Waals surface area contributed by atoms with Crippen LogP contribution in [0.15, 0.2) is 12.1 Å². The molecule has 1 rings (SSSR count). The Labute approximate surface area is 121 Å². The number of carbonyl (C=O) groups is 2. The molecule has 1 aromatic rings. The van der Waals surface area contributed by atoms with E-state index in [1.165, 1.54) is 12.1 Å². The molecule has 0 amide bonds. The highest BCUT2D eigenvalue weighted by atomic mass is 35.5. The van der Waals surface area contributed by atoms with Crippen LogP contribution in [-0.2, 0) is 4.79 Å². The molecule has 5 heteroatoms. The molecule has 0 aliphatic rings. The van der Waals surface area contributed by atoms with E-state index in [1.54, 1.807) is 0 Å². The van der Waals surface area contributed by atoms with Crippen molar-refractivity contribution in [1.29, 1.82) is 0 Å². The SMILES string of the molecule is CC(C)CC(=O)CC(=O)c1c(Cl)cc(Cl)cc1Cl. The molecular formula is C13H13Cl3O2. The van der Waals surface area contributed by atoms with Crippen LogP contribution in [0, 0.1) is 5.92 Å². The minimum atomic E-state index is -0.368. The Kier molecular flexibility index (Phi) is 5.64. The van der Waals surface area contributed by atoms with Gasteiger partial charge in [-0.05, 0) is 18.1 Å². The molecule has 0 N–H and O–H groups in total. The first-order valence-corrected chi connectivity index (χ1v) is 6.64. The average molecular weight is 308 g/mol. The van der Waals surface area contributed by atoms with Crippen molar-refractivity contribution in [3.63, 3.8) is 0 Å². The van der Waals surface area contributed by atoms with E-state index in [2.05, 4.69) is 0 Å². The second-order valence-electron chi connectivity index (χ2n) is 4.48. The monoisotopic (exact) mass is 306 g/mol. The van der Waals surface area contributed by atoms with Gasteiger partial charge in [0.25, 0.3) is 0 Å². The van der Waals surface area contributed by atoms with Crippen LogP contribution in [0.5, 0.6) is 0 Å². The van der Waals surface area contributed by atoms with Crippen LogP contribution in [0.25, 0.3) is 0 Å². The Morgan fingerprint density at radius 2 is 1.61 bits per heavy atom. The summed E-state index contributed by atoms with van der Waals surface area (Å²) < 4.78 is 0. The summed E-state index contributed by atoms with van der Waals surface area (Å²) in [5.74, 6) is -0.258. The number of benzene rings is 1. The van der Waals surface area contributed by atoms with Gasteiger partial charge in [0, 0.05) is 11.4 Å². The van der Waals surface area contributed by atoms with Crippen molar-refractivity contribution < 1.29 is 9.59 Å². The molecule has 0 atom stereocenters. The van der Waals surface area contributed by atoms with Gasteiger partial charge >= 0.3 is 0 Å². The van der Waals surface area contributed by atoms with E-state index >= 15 is 0 Å². The fraction of sp³-hybridized carbons (Fsp3) is 0.385. The first-order valence-electron chi connectivity index (χ1n) is 5.50. The highest BCUT2D eigenvalue weighted by molar-refractivity contribution is 6.42. The van der Waals surface area contributed by atoms with Crippen molar-refractivity contribution in [2.24, 2.45) is 5.92 Å². The van der Waals surface area contributed by atoms with Gasteiger partial charge in [0.15, 0.2) is 5.78 Å². The van der Waals surface area contributed by atoms with Gasteiger partial charge in [0.05, 0.1) is 22.0 Å². The zero-order valence-corrected chi connectivity index (χ0v) is 12.4. The summed E-state index contributed by atoms with van der Waals surface area (Å²) in [4.78, 5) is 23.6. The number of ketones is 2. The maximum atomic E-state index is 12.0. The Morgan fingerprint density at radius 3 is 2.06 bits per heavy atom. The predicted molar refractivity (Wildman–Crippen MR) is 74.9 cm³/mol. The second kappa shape index (κ2) is 6.55. The minimum absolute atomic E-state index is 0.114. The van der Waals surface area contributed by atoms with E-state index in [0.29, 0.717) is 11.4 Å². The standard InChI is InChI=1S/C13H13Cl3O2/c1-7(2)3-9(17)6-12(18)13-10(15)4-8(14)5-11(13)16/h4-5,7H,3,6H2,1-2H3. The second-order valence-corrected chi connectivity index (χ2v) is 5.73. The number of hydrogen-bond donors (Lipinski definition) is 0. The zero-order valence-electron chi connectivity index (χ0n) is 10.1. The van der Waals surface area contributed by atoms with Crippen LogP contribution < -0.4 is 0 Å². The lowest BCUT2D eigenvalue weighted by molar-refractivity contribution is -0.118. The lowest BCUT2D eigenvalue weighted by atomic mass is 10.00. The Balaban J connectivity index is 2.88. The fourth-order valence-corrected chi connectivity index (χ4v) is 2.63. The molecule has 0 saturated heterocycles. The molecule has 0 spiro atoms. The Bertz CT molecular complexity index is 458. The van der Waals surface area contributed by atoms with Crippen LogP contribution in [0.2, 0.25) is 15.1 Å². The van der Waals surface area contributed by atoms with Crippen LogP contribution in [0.1, 0.15) is 37.0 Å². The van der Waals surface area contributed by atoms with Gasteiger partial charge in [-0.2, -0.15) is 0 Å². The topological polar surface area (TPSA) is 34.1 Å². The summed E-state index contributed by atoms with van der Waals surface area (Å²) >= 11 is 17.6. The van der Waals surface area contributed by atoms with Gasteiger partial charge in [-0.3, -0.25) is 9.59 Å². The third kappa shape index (κ3) is 4.27. The lowest BCUT2D eigenvalue weighted by Crippen LogP contribution is -2.11. The number of Topliss-reactive ketones (excluding diaryl/α,β-unsaturated/α-hetero) is 2. The number of halogens is 3. The maximum Gasteiger partial charge on any atom is 0.173 e. The van der Waals surface area contributed by atoms with Gasteiger partial charge in [-0.15, -0.1) is 0 Å². The molecule has 0 fully saturated rings. The molecule has 18 heavy (non-hydrogen) atoms. The summed E-state index contributed by atoms with van der Waals surface area (Å²) in [5, 5.41) is 0.708. The normalized spacial score (nSPS) is 10.8. The first kappa shape index (κ1) is 15.5. The van der Waals surface area contributed by atoms with Crippen LogP contribution in [0.4, 0.5) is 0 Å². The van der Waals surface area contributed by atoms with E-state index in [9.17, 15) is 9.59 Å². The molecule has 0 unspecified atom stereocenters. The number of carbonyl (C=O) groups excluding carboxylic acids is 2. The highest BCUT2D eigenvalue weighted by Gasteiger charge is 2.19. The van der Waals surface area contributed by atoms with E-state index in [0.717, 1.165) is 0 Å². The molecule has 0 bridgehead atoms. The fourth-order valence-electron chi connectivity index (χ4n) is 1.60. The number of rotatable bonds is 5. The van der Waals surface area contributed by atoms with E-state index in [4.69, 9.17) is 34.8 Å². The smallest absolute Gasteiger partial charge is 0.173 e. The summed E-state index contributed by atoms with van der Waals surface area (Å²) in [6, 6.07) is 2.88. The molecule has 0 aromatic heterocycles. The molecule has 98 valence electrons. The first-order chi connectivity index (χ1) is 8.31. The molecule has 0 radical (unpaired) electrons. The van der Waals surface area contributed by atoms with Crippen LogP contribution >= 0.6 is 34.8 Å². The van der Waals surface area contributed by atoms with Gasteiger partial charge in [0.2, 0.25) is 0 Å². The summed E-state index contributed by atoms with van der Waals surface area (Å²) in [5.41, 5.74) is 0.167. The zero-order chi connectivity index (χ0) is 13.9.